The highest BCUT2D eigenvalue weighted by Crippen LogP contribution is 2.50. The summed E-state index contributed by atoms with van der Waals surface area (Å²) in [6, 6.07) is 5.49. The zero-order valence-electron chi connectivity index (χ0n) is 20.0. The molecule has 1 saturated heterocycles. The standard InChI is InChI=1S/C23H34N4O5S/c1-24(2)13-20(29)27-15-23(8-10-26(11-9-23)33(5,30)31)21-17-7-6-16(32-4)12-18(17)25(3)22(21)19(27)14-28/h6-7,12,19,28H,8-11,13-15H2,1-5H3/t19-/m0/s1. The lowest BCUT2D eigenvalue weighted by Gasteiger charge is -2.50. The van der Waals surface area contributed by atoms with E-state index in [2.05, 4.69) is 4.57 Å². The number of nitrogens with zero attached hydrogens (tertiary/aromatic N) is 4. The molecule has 10 heteroatoms. The number of rotatable bonds is 5. The third-order valence-corrected chi connectivity index (χ3v) is 8.54. The molecule has 4 rings (SSSR count). The van der Waals surface area contributed by atoms with Gasteiger partial charge < -0.3 is 24.2 Å². The van der Waals surface area contributed by atoms with Gasteiger partial charge in [0, 0.05) is 49.2 Å². The number of benzene rings is 1. The van der Waals surface area contributed by atoms with Crippen LogP contribution in [0.25, 0.3) is 10.9 Å². The van der Waals surface area contributed by atoms with E-state index in [1.54, 1.807) is 12.0 Å². The number of aromatic nitrogens is 1. The highest BCUT2D eigenvalue weighted by Gasteiger charge is 2.50. The second-order valence-electron chi connectivity index (χ2n) is 9.60. The predicted molar refractivity (Wildman–Crippen MR) is 127 cm³/mol. The molecule has 3 heterocycles. The van der Waals surface area contributed by atoms with Gasteiger partial charge in [-0.3, -0.25) is 4.79 Å². The van der Waals surface area contributed by atoms with Gasteiger partial charge in [-0.15, -0.1) is 0 Å². The molecular weight excluding hydrogens is 444 g/mol. The molecule has 1 aromatic heterocycles. The van der Waals surface area contributed by atoms with Crippen LogP contribution >= 0.6 is 0 Å². The fourth-order valence-electron chi connectivity index (χ4n) is 5.64. The Morgan fingerprint density at radius 2 is 1.94 bits per heavy atom. The van der Waals surface area contributed by atoms with E-state index in [1.165, 1.54) is 10.6 Å². The number of carbonyl (C=O) groups is 1. The van der Waals surface area contributed by atoms with Crippen LogP contribution in [0.2, 0.25) is 0 Å². The first-order valence-corrected chi connectivity index (χ1v) is 13.0. The molecule has 1 aromatic carbocycles. The van der Waals surface area contributed by atoms with Crippen molar-refractivity contribution in [1.82, 2.24) is 18.7 Å². The fraction of sp³-hybridized carbons (Fsp3) is 0.609. The first-order chi connectivity index (χ1) is 15.5. The number of amides is 1. The van der Waals surface area contributed by atoms with Gasteiger partial charge in [-0.25, -0.2) is 12.7 Å². The van der Waals surface area contributed by atoms with Gasteiger partial charge in [0.1, 0.15) is 5.75 Å². The quantitative estimate of drug-likeness (QED) is 0.687. The molecule has 0 saturated carbocycles. The number of piperidine rings is 1. The topological polar surface area (TPSA) is 95.3 Å². The molecule has 9 nitrogen and oxygen atoms in total. The van der Waals surface area contributed by atoms with Gasteiger partial charge in [0.25, 0.3) is 0 Å². The van der Waals surface area contributed by atoms with Gasteiger partial charge >= 0.3 is 0 Å². The van der Waals surface area contributed by atoms with E-state index in [0.29, 0.717) is 32.5 Å². The highest BCUT2D eigenvalue weighted by molar-refractivity contribution is 7.88. The van der Waals surface area contributed by atoms with Crippen LogP contribution < -0.4 is 4.74 Å². The number of sulfonamides is 1. The van der Waals surface area contributed by atoms with Crippen molar-refractivity contribution >= 4 is 26.8 Å². The van der Waals surface area contributed by atoms with E-state index in [1.807, 2.05) is 44.2 Å². The summed E-state index contributed by atoms with van der Waals surface area (Å²) in [5.74, 6) is 0.694. The molecule has 0 unspecified atom stereocenters. The number of hydrogen-bond acceptors (Lipinski definition) is 6. The maximum absolute atomic E-state index is 13.3. The van der Waals surface area contributed by atoms with Crippen molar-refractivity contribution in [2.45, 2.75) is 24.3 Å². The Labute approximate surface area is 195 Å². The van der Waals surface area contributed by atoms with Crippen LogP contribution in [0, 0.1) is 0 Å². The molecule has 33 heavy (non-hydrogen) atoms. The molecule has 1 fully saturated rings. The molecule has 1 spiro atoms. The van der Waals surface area contributed by atoms with Crippen molar-refractivity contribution in [3.63, 3.8) is 0 Å². The molecule has 1 N–H and O–H groups in total. The summed E-state index contributed by atoms with van der Waals surface area (Å²) < 4.78 is 33.4. The maximum Gasteiger partial charge on any atom is 0.237 e. The number of likely N-dealkylation sites (N-methyl/N-ethyl adjacent to an activating group) is 1. The van der Waals surface area contributed by atoms with Gasteiger partial charge in [0.15, 0.2) is 0 Å². The SMILES string of the molecule is COc1ccc2c3c(n(C)c2c1)[C@H](CO)N(C(=O)CN(C)C)CC31CCN(S(C)(=O)=O)CC1. The zero-order chi connectivity index (χ0) is 24.1. The van der Waals surface area contributed by atoms with Crippen molar-refractivity contribution < 1.29 is 23.1 Å². The van der Waals surface area contributed by atoms with Crippen molar-refractivity contribution in [3.05, 3.63) is 29.5 Å². The predicted octanol–water partition coefficient (Wildman–Crippen LogP) is 0.917. The normalized spacial score (nSPS) is 21.1. The molecular formula is C23H34N4O5S. The number of methoxy groups -OCH3 is 1. The number of aliphatic hydroxyl groups is 1. The lowest BCUT2D eigenvalue weighted by molar-refractivity contribution is -0.138. The fourth-order valence-corrected chi connectivity index (χ4v) is 6.48. The minimum absolute atomic E-state index is 0.0440. The Morgan fingerprint density at radius 3 is 2.48 bits per heavy atom. The summed E-state index contributed by atoms with van der Waals surface area (Å²) in [5, 5.41) is 11.5. The van der Waals surface area contributed by atoms with Crippen LogP contribution in [0.4, 0.5) is 0 Å². The maximum atomic E-state index is 13.3. The molecule has 2 aliphatic heterocycles. The first-order valence-electron chi connectivity index (χ1n) is 11.2. The van der Waals surface area contributed by atoms with E-state index in [-0.39, 0.29) is 19.1 Å². The van der Waals surface area contributed by atoms with E-state index < -0.39 is 21.5 Å². The van der Waals surface area contributed by atoms with Crippen molar-refractivity contribution in [2.75, 3.05) is 60.2 Å². The van der Waals surface area contributed by atoms with Gasteiger partial charge in [-0.05, 0) is 44.6 Å². The molecule has 1 amide bonds. The minimum atomic E-state index is -3.28. The van der Waals surface area contributed by atoms with Crippen LogP contribution in [0.1, 0.15) is 30.1 Å². The van der Waals surface area contributed by atoms with E-state index in [9.17, 15) is 18.3 Å². The third-order valence-electron chi connectivity index (χ3n) is 7.24. The number of ether oxygens (including phenoxy) is 1. The summed E-state index contributed by atoms with van der Waals surface area (Å²) in [4.78, 5) is 16.9. The molecule has 182 valence electrons. The summed E-state index contributed by atoms with van der Waals surface area (Å²) in [7, 11) is 4.01. The monoisotopic (exact) mass is 478 g/mol. The van der Waals surface area contributed by atoms with Gasteiger partial charge in [0.2, 0.25) is 15.9 Å². The smallest absolute Gasteiger partial charge is 0.237 e. The lowest BCUT2D eigenvalue weighted by Crippen LogP contribution is -2.57. The van der Waals surface area contributed by atoms with E-state index in [0.717, 1.165) is 27.9 Å². The Bertz CT molecular complexity index is 1170. The second-order valence-corrected chi connectivity index (χ2v) is 11.6. The Balaban J connectivity index is 1.90. The summed E-state index contributed by atoms with van der Waals surface area (Å²) >= 11 is 0. The van der Waals surface area contributed by atoms with E-state index >= 15 is 0 Å². The molecule has 0 aliphatic carbocycles. The average Bonchev–Trinajstić information content (AvgIpc) is 3.06. The molecule has 0 bridgehead atoms. The van der Waals surface area contributed by atoms with Gasteiger partial charge in [0.05, 0.1) is 38.1 Å². The summed E-state index contributed by atoms with van der Waals surface area (Å²) in [6.07, 6.45) is 2.47. The van der Waals surface area contributed by atoms with Crippen molar-refractivity contribution in [3.8, 4) is 5.75 Å². The molecule has 2 aliphatic rings. The van der Waals surface area contributed by atoms with Crippen LogP contribution in [-0.2, 0) is 27.3 Å². The summed E-state index contributed by atoms with van der Waals surface area (Å²) in [5.41, 5.74) is 2.64. The van der Waals surface area contributed by atoms with Crippen LogP contribution in [0.3, 0.4) is 0 Å². The lowest BCUT2D eigenvalue weighted by atomic mass is 9.68. The molecule has 0 radical (unpaired) electrons. The number of aliphatic hydroxyl groups excluding tert-OH is 1. The molecule has 1 atom stereocenters. The number of fused-ring (bicyclic) bond motifs is 4. The summed E-state index contributed by atoms with van der Waals surface area (Å²) in [6.45, 7) is 1.34. The van der Waals surface area contributed by atoms with Gasteiger partial charge in [-0.1, -0.05) is 0 Å². The van der Waals surface area contributed by atoms with E-state index in [4.69, 9.17) is 4.74 Å². The number of carbonyl (C=O) groups excluding carboxylic acids is 1. The van der Waals surface area contributed by atoms with Gasteiger partial charge in [-0.2, -0.15) is 0 Å². The Kier molecular flexibility index (Phi) is 6.24. The third kappa shape index (κ3) is 4.03. The van der Waals surface area contributed by atoms with Crippen LogP contribution in [-0.4, -0.2) is 98.4 Å². The largest absolute Gasteiger partial charge is 0.497 e. The van der Waals surface area contributed by atoms with Crippen molar-refractivity contribution in [1.29, 1.82) is 0 Å². The number of hydrogen-bond donors (Lipinski definition) is 1. The second kappa shape index (κ2) is 8.57. The van der Waals surface area contributed by atoms with Crippen molar-refractivity contribution in [2.24, 2.45) is 7.05 Å². The van der Waals surface area contributed by atoms with Crippen LogP contribution in [0.15, 0.2) is 18.2 Å². The number of aryl methyl sites for hydroxylation is 1. The molecule has 2 aromatic rings. The highest BCUT2D eigenvalue weighted by atomic mass is 32.2. The average molecular weight is 479 g/mol. The first kappa shape index (κ1) is 24.0. The minimum Gasteiger partial charge on any atom is -0.497 e. The Morgan fingerprint density at radius 1 is 1.27 bits per heavy atom. The Hall–Kier alpha value is -2.14. The van der Waals surface area contributed by atoms with Crippen LogP contribution in [0.5, 0.6) is 5.75 Å². The zero-order valence-corrected chi connectivity index (χ0v) is 20.9.